The predicted octanol–water partition coefficient (Wildman–Crippen LogP) is 6.17. The van der Waals surface area contributed by atoms with Gasteiger partial charge < -0.3 is 4.74 Å². The largest absolute Gasteiger partial charge is 0.462 e. The van der Waals surface area contributed by atoms with Gasteiger partial charge in [0.05, 0.1) is 5.92 Å². The highest BCUT2D eigenvalue weighted by molar-refractivity contribution is 5.72. The van der Waals surface area contributed by atoms with Gasteiger partial charge in [-0.1, -0.05) is 31.6 Å². The number of alkyl halides is 2. The van der Waals surface area contributed by atoms with E-state index in [1.807, 2.05) is 0 Å². The Morgan fingerprint density at radius 2 is 1.46 bits per heavy atom. The Hall–Kier alpha value is -1.11. The molecule has 2 nitrogen and oxygen atoms in total. The second-order valence-corrected chi connectivity index (χ2v) is 9.25. The number of ether oxygens (including phenoxy) is 1. The molecule has 3 rings (SSSR count). The fourth-order valence-corrected chi connectivity index (χ4v) is 5.12. The summed E-state index contributed by atoms with van der Waals surface area (Å²) in [5.74, 6) is 8.60. The first-order valence-corrected chi connectivity index (χ1v) is 11.5. The average molecular weight is 395 g/mol. The normalized spacial score (nSPS) is 38.9. The summed E-state index contributed by atoms with van der Waals surface area (Å²) in [4.78, 5) is 12.4. The Morgan fingerprint density at radius 1 is 0.857 bits per heavy atom. The second kappa shape index (κ2) is 10.6. The third-order valence-corrected chi connectivity index (χ3v) is 7.02. The second-order valence-electron chi connectivity index (χ2n) is 9.25. The van der Waals surface area contributed by atoms with Gasteiger partial charge in [0, 0.05) is 18.3 Å². The van der Waals surface area contributed by atoms with Crippen LogP contribution in [0.1, 0.15) is 90.4 Å². The Kier molecular flexibility index (Phi) is 8.18. The van der Waals surface area contributed by atoms with E-state index < -0.39 is 18.4 Å². The van der Waals surface area contributed by atoms with Crippen LogP contribution < -0.4 is 0 Å². The zero-order valence-corrected chi connectivity index (χ0v) is 17.3. The molecule has 3 aliphatic carbocycles. The summed E-state index contributed by atoms with van der Waals surface area (Å²) in [5.41, 5.74) is 0. The number of carbonyl (C=O) groups excluding carboxylic acids is 1. The molecule has 3 saturated carbocycles. The van der Waals surface area contributed by atoms with Gasteiger partial charge in [-0.25, -0.2) is 8.78 Å². The van der Waals surface area contributed by atoms with Crippen molar-refractivity contribution in [3.8, 4) is 11.8 Å². The van der Waals surface area contributed by atoms with Crippen LogP contribution in [0, 0.1) is 35.5 Å². The maximum atomic E-state index is 13.5. The molecule has 28 heavy (non-hydrogen) atoms. The molecule has 0 bridgehead atoms. The number of carbonyl (C=O) groups is 1. The highest BCUT2D eigenvalue weighted by Crippen LogP contribution is 2.33. The lowest BCUT2D eigenvalue weighted by molar-refractivity contribution is -0.158. The van der Waals surface area contributed by atoms with E-state index in [0.717, 1.165) is 31.6 Å². The van der Waals surface area contributed by atoms with Crippen LogP contribution in [-0.2, 0) is 9.53 Å². The summed E-state index contributed by atoms with van der Waals surface area (Å²) < 4.78 is 32.2. The summed E-state index contributed by atoms with van der Waals surface area (Å²) in [5, 5.41) is 0. The predicted molar refractivity (Wildman–Crippen MR) is 107 cm³/mol. The topological polar surface area (TPSA) is 26.3 Å². The number of esters is 1. The van der Waals surface area contributed by atoms with Gasteiger partial charge in [-0.3, -0.25) is 4.79 Å². The van der Waals surface area contributed by atoms with Crippen molar-refractivity contribution >= 4 is 5.97 Å². The summed E-state index contributed by atoms with van der Waals surface area (Å²) in [6.45, 7) is 2.27. The highest BCUT2D eigenvalue weighted by Gasteiger charge is 2.34. The van der Waals surface area contributed by atoms with Crippen LogP contribution in [0.2, 0.25) is 0 Å². The van der Waals surface area contributed by atoms with Gasteiger partial charge in [0.15, 0.2) is 0 Å². The lowest BCUT2D eigenvalue weighted by Crippen LogP contribution is -2.35. The Labute approximate surface area is 169 Å². The SMILES string of the molecule is CCCC1CCC(C#CC2CCC(C(=O)OC3CCC(F)C(F)C3)CC2)CC1. The molecule has 0 aromatic heterocycles. The van der Waals surface area contributed by atoms with E-state index in [1.54, 1.807) is 0 Å². The lowest BCUT2D eigenvalue weighted by Gasteiger charge is -2.30. The first-order valence-electron chi connectivity index (χ1n) is 11.5. The van der Waals surface area contributed by atoms with Gasteiger partial charge >= 0.3 is 5.97 Å². The molecule has 0 spiro atoms. The van der Waals surface area contributed by atoms with Crippen molar-refractivity contribution in [2.24, 2.45) is 23.7 Å². The molecule has 0 N–H and O–H groups in total. The zero-order chi connectivity index (χ0) is 19.9. The van der Waals surface area contributed by atoms with E-state index in [2.05, 4.69) is 18.8 Å². The molecule has 158 valence electrons. The van der Waals surface area contributed by atoms with Crippen molar-refractivity contribution in [2.75, 3.05) is 0 Å². The van der Waals surface area contributed by atoms with Crippen molar-refractivity contribution < 1.29 is 18.3 Å². The summed E-state index contributed by atoms with van der Waals surface area (Å²) in [6.07, 6.45) is 8.57. The molecule has 0 aliphatic heterocycles. The third-order valence-electron chi connectivity index (χ3n) is 7.02. The molecule has 0 radical (unpaired) electrons. The van der Waals surface area contributed by atoms with Gasteiger partial charge in [-0.2, -0.15) is 0 Å². The smallest absolute Gasteiger partial charge is 0.309 e. The molecule has 4 heteroatoms. The van der Waals surface area contributed by atoms with Crippen LogP contribution in [-0.4, -0.2) is 24.4 Å². The Morgan fingerprint density at radius 3 is 2.04 bits per heavy atom. The first kappa shape index (κ1) is 21.6. The standard InChI is InChI=1S/C24H36F2O2/c1-2-3-17-4-6-18(7-5-17)8-9-19-10-12-20(13-11-19)24(27)28-21-14-15-22(25)23(26)16-21/h17-23H,2-7,10-16H2,1H3. The average Bonchev–Trinajstić information content (AvgIpc) is 2.71. The summed E-state index contributed by atoms with van der Waals surface area (Å²) >= 11 is 0. The quantitative estimate of drug-likeness (QED) is 0.421. The summed E-state index contributed by atoms with van der Waals surface area (Å²) in [7, 11) is 0. The van der Waals surface area contributed by atoms with Crippen molar-refractivity contribution in [1.82, 2.24) is 0 Å². The summed E-state index contributed by atoms with van der Waals surface area (Å²) in [6, 6.07) is 0. The number of halogens is 2. The van der Waals surface area contributed by atoms with E-state index >= 15 is 0 Å². The zero-order valence-electron chi connectivity index (χ0n) is 17.3. The van der Waals surface area contributed by atoms with Crippen LogP contribution in [0.4, 0.5) is 8.78 Å². The Bertz CT molecular complexity index is 551. The molecule has 3 atom stereocenters. The van der Waals surface area contributed by atoms with Gasteiger partial charge in [0.1, 0.15) is 18.4 Å². The number of rotatable bonds is 4. The fourth-order valence-electron chi connectivity index (χ4n) is 5.12. The highest BCUT2D eigenvalue weighted by atomic mass is 19.2. The lowest BCUT2D eigenvalue weighted by atomic mass is 9.79. The molecule has 0 amide bonds. The van der Waals surface area contributed by atoms with E-state index in [4.69, 9.17) is 4.74 Å². The monoisotopic (exact) mass is 394 g/mol. The van der Waals surface area contributed by atoms with Crippen molar-refractivity contribution in [2.45, 2.75) is 109 Å². The van der Waals surface area contributed by atoms with Crippen molar-refractivity contribution in [3.63, 3.8) is 0 Å². The molecule has 3 fully saturated rings. The van der Waals surface area contributed by atoms with Crippen LogP contribution in [0.25, 0.3) is 0 Å². The first-order chi connectivity index (χ1) is 13.5. The van der Waals surface area contributed by atoms with Crippen LogP contribution >= 0.6 is 0 Å². The van der Waals surface area contributed by atoms with Crippen molar-refractivity contribution in [3.05, 3.63) is 0 Å². The third kappa shape index (κ3) is 6.19. The molecule has 0 aromatic carbocycles. The van der Waals surface area contributed by atoms with Crippen molar-refractivity contribution in [1.29, 1.82) is 0 Å². The van der Waals surface area contributed by atoms with Crippen LogP contribution in [0.15, 0.2) is 0 Å². The Balaban J connectivity index is 1.36. The van der Waals surface area contributed by atoms with Crippen LogP contribution in [0.5, 0.6) is 0 Å². The van der Waals surface area contributed by atoms with E-state index in [9.17, 15) is 13.6 Å². The molecule has 0 saturated heterocycles. The van der Waals surface area contributed by atoms with E-state index in [-0.39, 0.29) is 24.7 Å². The number of hydrogen-bond donors (Lipinski definition) is 0. The fraction of sp³-hybridized carbons (Fsp3) is 0.875. The maximum absolute atomic E-state index is 13.5. The van der Waals surface area contributed by atoms with Crippen LogP contribution in [0.3, 0.4) is 0 Å². The maximum Gasteiger partial charge on any atom is 0.309 e. The number of hydrogen-bond acceptors (Lipinski definition) is 2. The molecule has 3 aliphatic rings. The molecular formula is C24H36F2O2. The molecular weight excluding hydrogens is 358 g/mol. The van der Waals surface area contributed by atoms with E-state index in [1.165, 1.54) is 38.5 Å². The molecule has 0 heterocycles. The van der Waals surface area contributed by atoms with Gasteiger partial charge in [0.25, 0.3) is 0 Å². The molecule has 3 unspecified atom stereocenters. The minimum atomic E-state index is -1.49. The van der Waals surface area contributed by atoms with Gasteiger partial charge in [-0.15, -0.1) is 0 Å². The molecule has 0 aromatic rings. The van der Waals surface area contributed by atoms with Gasteiger partial charge in [0.2, 0.25) is 0 Å². The van der Waals surface area contributed by atoms with Gasteiger partial charge in [-0.05, 0) is 70.1 Å². The minimum absolute atomic E-state index is 0.00816. The van der Waals surface area contributed by atoms with E-state index in [0.29, 0.717) is 18.3 Å². The minimum Gasteiger partial charge on any atom is -0.462 e.